The van der Waals surface area contributed by atoms with Crippen molar-refractivity contribution >= 4 is 17.1 Å². The van der Waals surface area contributed by atoms with Gasteiger partial charge in [-0.3, -0.25) is 0 Å². The molecule has 5 nitrogen and oxygen atoms in total. The molecule has 120 valence electrons. The van der Waals surface area contributed by atoms with E-state index in [1.165, 1.54) is 0 Å². The zero-order valence-corrected chi connectivity index (χ0v) is 12.8. The molecule has 6 heteroatoms. The zero-order chi connectivity index (χ0) is 16.4. The van der Waals surface area contributed by atoms with Crippen LogP contribution in [-0.4, -0.2) is 61.4 Å². The normalized spacial score (nSPS) is 19.8. The summed E-state index contributed by atoms with van der Waals surface area (Å²) in [6, 6.07) is 0. The lowest BCUT2D eigenvalue weighted by molar-refractivity contribution is -0.101. The topological polar surface area (TPSA) is 101 Å². The van der Waals surface area contributed by atoms with E-state index in [2.05, 4.69) is 6.92 Å². The van der Waals surface area contributed by atoms with E-state index in [4.69, 9.17) is 18.7 Å². The molecule has 0 rings (SSSR count). The first-order valence-corrected chi connectivity index (χ1v) is 7.54. The first-order valence-electron chi connectivity index (χ1n) is 7.70. The fraction of sp³-hybridized carbons (Fsp3) is 0.929. The Kier molecular flexibility index (Phi) is 10.4. The Labute approximate surface area is 127 Å². The van der Waals surface area contributed by atoms with E-state index in [0.29, 0.717) is 6.42 Å². The van der Waals surface area contributed by atoms with E-state index < -0.39 is 37.4 Å². The fourth-order valence-electron chi connectivity index (χ4n) is 1.79. The van der Waals surface area contributed by atoms with E-state index in [0.717, 1.165) is 25.7 Å². The van der Waals surface area contributed by atoms with Crippen molar-refractivity contribution in [1.82, 2.24) is 0 Å². The van der Waals surface area contributed by atoms with Crippen LogP contribution in [0.3, 0.4) is 0 Å². The standard InChI is InChI=1S/C14H28O5S/c1-2-3-4-5-6-7-8-11(20)13(18)14(19)12(17)10(16)9-15/h10,12-19H,2-9H2,1H3/t10-,12-,13+,14+/m1/s1/i7D/t7?,10-,12-,13+,14+. The van der Waals surface area contributed by atoms with Crippen LogP contribution < -0.4 is 0 Å². The maximum absolute atomic E-state index is 9.83. The van der Waals surface area contributed by atoms with Gasteiger partial charge in [-0.25, -0.2) is 0 Å². The zero-order valence-electron chi connectivity index (χ0n) is 13.0. The van der Waals surface area contributed by atoms with E-state index in [1.807, 2.05) is 0 Å². The molecule has 0 saturated heterocycles. The predicted octanol–water partition coefficient (Wildman–Crippen LogP) is 0.543. The average Bonchev–Trinajstić information content (AvgIpc) is 2.48. The summed E-state index contributed by atoms with van der Waals surface area (Å²) in [5.74, 6) is 0. The molecule has 0 aliphatic rings. The summed E-state index contributed by atoms with van der Waals surface area (Å²) in [6.45, 7) is 1.38. The molecule has 0 saturated carbocycles. The van der Waals surface area contributed by atoms with Crippen molar-refractivity contribution in [3.63, 3.8) is 0 Å². The molecular weight excluding hydrogens is 280 g/mol. The Balaban J connectivity index is 4.19. The van der Waals surface area contributed by atoms with Gasteiger partial charge in [0.1, 0.15) is 24.4 Å². The molecule has 0 aliphatic heterocycles. The molecule has 5 N–H and O–H groups in total. The largest absolute Gasteiger partial charge is 0.394 e. The summed E-state index contributed by atoms with van der Waals surface area (Å²) in [7, 11) is 0. The summed E-state index contributed by atoms with van der Waals surface area (Å²) >= 11 is 4.99. The third kappa shape index (κ3) is 7.61. The van der Waals surface area contributed by atoms with Crippen molar-refractivity contribution in [1.29, 1.82) is 0 Å². The van der Waals surface area contributed by atoms with Crippen molar-refractivity contribution in [2.45, 2.75) is 76.3 Å². The van der Waals surface area contributed by atoms with Gasteiger partial charge < -0.3 is 25.5 Å². The highest BCUT2D eigenvalue weighted by molar-refractivity contribution is 7.80. The molecule has 1 unspecified atom stereocenters. The average molecular weight is 309 g/mol. The van der Waals surface area contributed by atoms with Crippen LogP contribution in [0.2, 0.25) is 0 Å². The number of hydrogen-bond donors (Lipinski definition) is 5. The second-order valence-electron chi connectivity index (χ2n) is 4.98. The first kappa shape index (κ1) is 17.9. The third-order valence-electron chi connectivity index (χ3n) is 3.19. The lowest BCUT2D eigenvalue weighted by Gasteiger charge is -2.26. The van der Waals surface area contributed by atoms with Gasteiger partial charge in [-0.1, -0.05) is 51.2 Å². The monoisotopic (exact) mass is 309 g/mol. The second-order valence-corrected chi connectivity index (χ2v) is 5.51. The first-order chi connectivity index (χ1) is 9.84. The Bertz CT molecular complexity index is 293. The second kappa shape index (κ2) is 11.5. The molecule has 0 aromatic carbocycles. The minimum Gasteiger partial charge on any atom is -0.394 e. The predicted molar refractivity (Wildman–Crippen MR) is 81.7 cm³/mol. The van der Waals surface area contributed by atoms with Gasteiger partial charge in [-0.05, 0) is 12.8 Å². The SMILES string of the molecule is [2H]C(CCCCCC)CC(=S)[C@H](O)[C@@H](O)[C@H](O)[C@H](O)CO. The lowest BCUT2D eigenvalue weighted by Crippen LogP contribution is -2.48. The smallest absolute Gasteiger partial charge is 0.114 e. The molecule has 0 radical (unpaired) electrons. The highest BCUT2D eigenvalue weighted by Gasteiger charge is 2.31. The van der Waals surface area contributed by atoms with Crippen LogP contribution in [0.15, 0.2) is 0 Å². The summed E-state index contributed by atoms with van der Waals surface area (Å²) in [4.78, 5) is 0.0854. The van der Waals surface area contributed by atoms with Gasteiger partial charge in [-0.15, -0.1) is 0 Å². The Morgan fingerprint density at radius 2 is 1.65 bits per heavy atom. The minimum atomic E-state index is -1.68. The molecule has 0 aromatic heterocycles. The van der Waals surface area contributed by atoms with Crippen molar-refractivity contribution in [2.75, 3.05) is 6.61 Å². The van der Waals surface area contributed by atoms with Crippen molar-refractivity contribution in [3.05, 3.63) is 0 Å². The molecule has 0 heterocycles. The van der Waals surface area contributed by atoms with Crippen LogP contribution in [0.25, 0.3) is 0 Å². The van der Waals surface area contributed by atoms with Crippen LogP contribution in [0.4, 0.5) is 0 Å². The van der Waals surface area contributed by atoms with Crippen molar-refractivity contribution < 1.29 is 26.9 Å². The molecule has 0 aromatic rings. The minimum absolute atomic E-state index is 0.0854. The Morgan fingerprint density at radius 1 is 1.05 bits per heavy atom. The third-order valence-corrected chi connectivity index (χ3v) is 3.60. The van der Waals surface area contributed by atoms with Crippen LogP contribution in [0.5, 0.6) is 0 Å². The lowest BCUT2D eigenvalue weighted by atomic mass is 9.98. The van der Waals surface area contributed by atoms with E-state index in [1.54, 1.807) is 0 Å². The maximum atomic E-state index is 9.83. The number of thiocarbonyl (C=S) groups is 1. The van der Waals surface area contributed by atoms with Crippen molar-refractivity contribution in [3.8, 4) is 0 Å². The number of aliphatic hydroxyl groups is 5. The highest BCUT2D eigenvalue weighted by Crippen LogP contribution is 2.13. The molecular formula is C14H28O5S. The number of hydrogen-bond acceptors (Lipinski definition) is 6. The van der Waals surface area contributed by atoms with Gasteiger partial charge >= 0.3 is 0 Å². The van der Waals surface area contributed by atoms with E-state index in [-0.39, 0.29) is 11.3 Å². The van der Waals surface area contributed by atoms with E-state index >= 15 is 0 Å². The molecule has 0 amide bonds. The van der Waals surface area contributed by atoms with Gasteiger partial charge in [0.25, 0.3) is 0 Å². The molecule has 0 fully saturated rings. The summed E-state index contributed by atoms with van der Waals surface area (Å²) in [5, 5.41) is 47.0. The van der Waals surface area contributed by atoms with Crippen LogP contribution >= 0.6 is 12.2 Å². The fourth-order valence-corrected chi connectivity index (χ4v) is 2.05. The van der Waals surface area contributed by atoms with Gasteiger partial charge in [0.2, 0.25) is 0 Å². The van der Waals surface area contributed by atoms with Gasteiger partial charge in [0, 0.05) is 6.24 Å². The number of unbranched alkanes of at least 4 members (excludes halogenated alkanes) is 3. The maximum Gasteiger partial charge on any atom is 0.114 e. The van der Waals surface area contributed by atoms with Gasteiger partial charge in [0.05, 0.1) is 6.61 Å². The molecule has 0 bridgehead atoms. The summed E-state index contributed by atoms with van der Waals surface area (Å²) in [5.41, 5.74) is 0. The highest BCUT2D eigenvalue weighted by atomic mass is 32.1. The molecule has 20 heavy (non-hydrogen) atoms. The van der Waals surface area contributed by atoms with Gasteiger partial charge in [0.15, 0.2) is 0 Å². The number of aliphatic hydroxyl groups excluding tert-OH is 5. The Morgan fingerprint density at radius 3 is 2.20 bits per heavy atom. The molecule has 0 spiro atoms. The summed E-state index contributed by atoms with van der Waals surface area (Å²) < 4.78 is 7.87. The van der Waals surface area contributed by atoms with Crippen LogP contribution in [-0.2, 0) is 0 Å². The van der Waals surface area contributed by atoms with Gasteiger partial charge in [-0.2, -0.15) is 0 Å². The Hall–Kier alpha value is -0.110. The molecule has 0 aliphatic carbocycles. The van der Waals surface area contributed by atoms with Crippen molar-refractivity contribution in [2.24, 2.45) is 0 Å². The molecule has 5 atom stereocenters. The van der Waals surface area contributed by atoms with Crippen LogP contribution in [0.1, 0.15) is 53.2 Å². The van der Waals surface area contributed by atoms with Crippen LogP contribution in [0, 0.1) is 0 Å². The van der Waals surface area contributed by atoms with E-state index in [9.17, 15) is 20.4 Å². The number of rotatable bonds is 12. The summed E-state index contributed by atoms with van der Waals surface area (Å²) in [6.07, 6.45) is -1.79. The quantitative estimate of drug-likeness (QED) is 0.266.